The van der Waals surface area contributed by atoms with Gasteiger partial charge in [0, 0.05) is 6.61 Å². The average molecular weight is 289 g/mol. The molecule has 2 nitrogen and oxygen atoms in total. The Morgan fingerprint density at radius 3 is 2.50 bits per heavy atom. The number of rotatable bonds is 6. The lowest BCUT2D eigenvalue weighted by Crippen LogP contribution is -2.21. The molecule has 1 aliphatic carbocycles. The standard InChI is InChI=1S/C17H23NOS/c1-2-3-12-19-17-10-6-15(7-11-17)14-4-8-16(9-5-14)18-13-20/h4-5,8-9,15,17H,2-3,6-7,10-12H2,1H3. The number of nitrogens with zero attached hydrogens (tertiary/aromatic N) is 1. The molecule has 0 spiro atoms. The van der Waals surface area contributed by atoms with Gasteiger partial charge in [-0.2, -0.15) is 4.99 Å². The van der Waals surface area contributed by atoms with Gasteiger partial charge in [0.25, 0.3) is 0 Å². The van der Waals surface area contributed by atoms with Crippen LogP contribution < -0.4 is 0 Å². The molecule has 0 radical (unpaired) electrons. The molecule has 0 aliphatic heterocycles. The Morgan fingerprint density at radius 1 is 1.20 bits per heavy atom. The highest BCUT2D eigenvalue weighted by molar-refractivity contribution is 7.78. The van der Waals surface area contributed by atoms with Crippen molar-refractivity contribution in [3.05, 3.63) is 29.8 Å². The van der Waals surface area contributed by atoms with Crippen molar-refractivity contribution in [2.45, 2.75) is 57.5 Å². The molecule has 1 saturated carbocycles. The molecule has 0 bridgehead atoms. The zero-order valence-electron chi connectivity index (χ0n) is 12.2. The van der Waals surface area contributed by atoms with Gasteiger partial charge < -0.3 is 4.74 Å². The maximum Gasteiger partial charge on any atom is 0.0739 e. The molecule has 0 aromatic heterocycles. The Hall–Kier alpha value is -1.02. The smallest absolute Gasteiger partial charge is 0.0739 e. The number of aliphatic imine (C=N–C) groups is 1. The van der Waals surface area contributed by atoms with Crippen molar-refractivity contribution in [1.29, 1.82) is 0 Å². The minimum Gasteiger partial charge on any atom is -0.378 e. The zero-order valence-corrected chi connectivity index (χ0v) is 13.0. The third-order valence-corrected chi connectivity index (χ3v) is 4.16. The highest BCUT2D eigenvalue weighted by Gasteiger charge is 2.22. The van der Waals surface area contributed by atoms with Gasteiger partial charge in [0.2, 0.25) is 0 Å². The molecule has 1 aromatic rings. The van der Waals surface area contributed by atoms with Crippen LogP contribution in [-0.4, -0.2) is 17.9 Å². The van der Waals surface area contributed by atoms with Crippen molar-refractivity contribution in [3.8, 4) is 0 Å². The topological polar surface area (TPSA) is 21.6 Å². The van der Waals surface area contributed by atoms with E-state index in [0.29, 0.717) is 12.0 Å². The van der Waals surface area contributed by atoms with Crippen molar-refractivity contribution in [2.75, 3.05) is 6.61 Å². The van der Waals surface area contributed by atoms with Gasteiger partial charge in [-0.25, -0.2) is 0 Å². The molecule has 0 atom stereocenters. The molecule has 1 aliphatic rings. The quantitative estimate of drug-likeness (QED) is 0.404. The van der Waals surface area contributed by atoms with Crippen LogP contribution in [-0.2, 0) is 4.74 Å². The number of hydrogen-bond acceptors (Lipinski definition) is 3. The molecule has 108 valence electrons. The first-order valence-corrected chi connectivity index (χ1v) is 8.03. The van der Waals surface area contributed by atoms with E-state index in [2.05, 4.69) is 41.4 Å². The van der Waals surface area contributed by atoms with Gasteiger partial charge in [0.1, 0.15) is 0 Å². The molecular weight excluding hydrogens is 266 g/mol. The minimum atomic E-state index is 0.483. The predicted molar refractivity (Wildman–Crippen MR) is 87.0 cm³/mol. The van der Waals surface area contributed by atoms with E-state index in [-0.39, 0.29) is 0 Å². The van der Waals surface area contributed by atoms with Crippen LogP contribution in [0.4, 0.5) is 5.69 Å². The molecule has 0 amide bonds. The van der Waals surface area contributed by atoms with Crippen molar-refractivity contribution in [2.24, 2.45) is 4.99 Å². The Kier molecular flexibility index (Phi) is 6.38. The van der Waals surface area contributed by atoms with Gasteiger partial charge in [0.15, 0.2) is 0 Å². The first-order chi connectivity index (χ1) is 9.83. The van der Waals surface area contributed by atoms with Crippen molar-refractivity contribution < 1.29 is 4.74 Å². The molecule has 0 N–H and O–H groups in total. The lowest BCUT2D eigenvalue weighted by Gasteiger charge is -2.29. The summed E-state index contributed by atoms with van der Waals surface area (Å²) in [5.74, 6) is 0.673. The minimum absolute atomic E-state index is 0.483. The lowest BCUT2D eigenvalue weighted by atomic mass is 9.82. The summed E-state index contributed by atoms with van der Waals surface area (Å²) >= 11 is 4.62. The highest BCUT2D eigenvalue weighted by Crippen LogP contribution is 2.34. The van der Waals surface area contributed by atoms with E-state index < -0.39 is 0 Å². The maximum atomic E-state index is 5.92. The first kappa shape index (κ1) is 15.4. The van der Waals surface area contributed by atoms with Crippen LogP contribution in [0.2, 0.25) is 0 Å². The van der Waals surface area contributed by atoms with Crippen molar-refractivity contribution in [3.63, 3.8) is 0 Å². The van der Waals surface area contributed by atoms with Crippen LogP contribution >= 0.6 is 12.2 Å². The molecule has 3 heteroatoms. The molecular formula is C17H23NOS. The van der Waals surface area contributed by atoms with Gasteiger partial charge in [-0.05, 0) is 67.9 Å². The third kappa shape index (κ3) is 4.52. The van der Waals surface area contributed by atoms with E-state index in [1.165, 1.54) is 44.1 Å². The molecule has 0 saturated heterocycles. The maximum absolute atomic E-state index is 5.92. The Labute approximate surface area is 127 Å². The van der Waals surface area contributed by atoms with Crippen LogP contribution in [0.15, 0.2) is 29.3 Å². The molecule has 0 unspecified atom stereocenters. The van der Waals surface area contributed by atoms with Gasteiger partial charge >= 0.3 is 0 Å². The first-order valence-electron chi connectivity index (χ1n) is 7.63. The van der Waals surface area contributed by atoms with Crippen LogP contribution in [0.25, 0.3) is 0 Å². The summed E-state index contributed by atoms with van der Waals surface area (Å²) in [4.78, 5) is 3.99. The van der Waals surface area contributed by atoms with E-state index in [0.717, 1.165) is 12.3 Å². The van der Waals surface area contributed by atoms with Crippen LogP contribution in [0.3, 0.4) is 0 Å². The number of thiocarbonyl (C=S) groups is 1. The summed E-state index contributed by atoms with van der Waals surface area (Å²) in [5, 5.41) is 2.40. The number of benzene rings is 1. The van der Waals surface area contributed by atoms with Gasteiger partial charge in [-0.1, -0.05) is 25.5 Å². The van der Waals surface area contributed by atoms with E-state index >= 15 is 0 Å². The van der Waals surface area contributed by atoms with Crippen molar-refractivity contribution in [1.82, 2.24) is 0 Å². The third-order valence-electron chi connectivity index (χ3n) is 4.06. The summed E-state index contributed by atoms with van der Waals surface area (Å²) in [6.45, 7) is 3.13. The SMILES string of the molecule is CCCCOC1CCC(c2ccc(N=C=S)cc2)CC1. The number of hydrogen-bond donors (Lipinski definition) is 0. The number of ether oxygens (including phenoxy) is 1. The Bertz CT molecular complexity index is 443. The van der Waals surface area contributed by atoms with Gasteiger partial charge in [-0.3, -0.25) is 0 Å². The van der Waals surface area contributed by atoms with E-state index in [1.54, 1.807) is 0 Å². The van der Waals surface area contributed by atoms with E-state index in [4.69, 9.17) is 4.74 Å². The van der Waals surface area contributed by atoms with E-state index in [1.807, 2.05) is 12.1 Å². The van der Waals surface area contributed by atoms with Gasteiger partial charge in [-0.15, -0.1) is 0 Å². The van der Waals surface area contributed by atoms with E-state index in [9.17, 15) is 0 Å². The van der Waals surface area contributed by atoms with Crippen LogP contribution in [0.5, 0.6) is 0 Å². The Morgan fingerprint density at radius 2 is 1.90 bits per heavy atom. The molecule has 1 aromatic carbocycles. The van der Waals surface area contributed by atoms with Crippen LogP contribution in [0.1, 0.15) is 56.9 Å². The molecule has 0 heterocycles. The fourth-order valence-corrected chi connectivity index (χ4v) is 2.94. The van der Waals surface area contributed by atoms with Gasteiger partial charge in [0.05, 0.1) is 17.0 Å². The number of isothiocyanates is 1. The summed E-state index contributed by atoms with van der Waals surface area (Å²) < 4.78 is 5.92. The largest absolute Gasteiger partial charge is 0.378 e. The average Bonchev–Trinajstić information content (AvgIpc) is 2.49. The second-order valence-electron chi connectivity index (χ2n) is 5.49. The second kappa shape index (κ2) is 8.31. The highest BCUT2D eigenvalue weighted by atomic mass is 32.1. The fourth-order valence-electron chi connectivity index (χ4n) is 2.83. The summed E-state index contributed by atoms with van der Waals surface area (Å²) in [7, 11) is 0. The molecule has 2 rings (SSSR count). The molecule has 1 fully saturated rings. The van der Waals surface area contributed by atoms with Crippen molar-refractivity contribution >= 4 is 23.1 Å². The Balaban J connectivity index is 1.82. The zero-order chi connectivity index (χ0) is 14.2. The molecule has 20 heavy (non-hydrogen) atoms. The summed E-state index contributed by atoms with van der Waals surface area (Å²) in [5.41, 5.74) is 2.31. The monoisotopic (exact) mass is 289 g/mol. The normalized spacial score (nSPS) is 22.2. The lowest BCUT2D eigenvalue weighted by molar-refractivity contribution is 0.0232. The fraction of sp³-hybridized carbons (Fsp3) is 0.588. The summed E-state index contributed by atoms with van der Waals surface area (Å²) in [6, 6.07) is 8.40. The second-order valence-corrected chi connectivity index (χ2v) is 5.68. The van der Waals surface area contributed by atoms with Crippen LogP contribution in [0, 0.1) is 0 Å². The predicted octanol–water partition coefficient (Wildman–Crippen LogP) is 5.26. The summed E-state index contributed by atoms with van der Waals surface area (Å²) in [6.07, 6.45) is 7.71. The number of unbranched alkanes of at least 4 members (excludes halogenated alkanes) is 1.